The van der Waals surface area contributed by atoms with Crippen LogP contribution >= 0.6 is 0 Å². The van der Waals surface area contributed by atoms with E-state index in [4.69, 9.17) is 4.42 Å². The fourth-order valence-corrected chi connectivity index (χ4v) is 2.33. The molecule has 1 unspecified atom stereocenters. The highest BCUT2D eigenvalue weighted by Crippen LogP contribution is 2.25. The standard InChI is InChI=1S/C15H17N3O/c1-16-13(7-11-9-17-18(2)10-11)15-8-12-5-3-4-6-14(12)19-15/h3-6,8-10,13,16H,7H2,1-2H3. The lowest BCUT2D eigenvalue weighted by Gasteiger charge is -2.11. The molecule has 19 heavy (non-hydrogen) atoms. The smallest absolute Gasteiger partial charge is 0.134 e. The molecule has 0 bridgehead atoms. The first-order chi connectivity index (χ1) is 9.26. The predicted octanol–water partition coefficient (Wildman–Crippen LogP) is 2.67. The average molecular weight is 255 g/mol. The summed E-state index contributed by atoms with van der Waals surface area (Å²) in [6.07, 6.45) is 4.80. The summed E-state index contributed by atoms with van der Waals surface area (Å²) >= 11 is 0. The molecule has 0 saturated heterocycles. The van der Waals surface area contributed by atoms with Crippen LogP contribution in [-0.4, -0.2) is 16.8 Å². The quantitative estimate of drug-likeness (QED) is 0.779. The molecule has 0 spiro atoms. The number of nitrogens with zero attached hydrogens (tertiary/aromatic N) is 2. The van der Waals surface area contributed by atoms with Crippen molar-refractivity contribution in [2.45, 2.75) is 12.5 Å². The lowest BCUT2D eigenvalue weighted by Crippen LogP contribution is -2.17. The van der Waals surface area contributed by atoms with E-state index >= 15 is 0 Å². The first-order valence-electron chi connectivity index (χ1n) is 6.39. The molecule has 98 valence electrons. The molecular weight excluding hydrogens is 238 g/mol. The summed E-state index contributed by atoms with van der Waals surface area (Å²) in [6.45, 7) is 0. The van der Waals surface area contributed by atoms with Gasteiger partial charge in [-0.15, -0.1) is 0 Å². The molecular formula is C15H17N3O. The molecule has 0 amide bonds. The number of hydrogen-bond donors (Lipinski definition) is 1. The van der Waals surface area contributed by atoms with Crippen LogP contribution in [0.5, 0.6) is 0 Å². The molecule has 1 N–H and O–H groups in total. The summed E-state index contributed by atoms with van der Waals surface area (Å²) in [6, 6.07) is 10.3. The van der Waals surface area contributed by atoms with Crippen LogP contribution in [-0.2, 0) is 13.5 Å². The van der Waals surface area contributed by atoms with Gasteiger partial charge in [-0.1, -0.05) is 18.2 Å². The fourth-order valence-electron chi connectivity index (χ4n) is 2.33. The van der Waals surface area contributed by atoms with Gasteiger partial charge in [0.05, 0.1) is 12.2 Å². The van der Waals surface area contributed by atoms with Crippen molar-refractivity contribution in [3.05, 3.63) is 54.0 Å². The number of hydrogen-bond acceptors (Lipinski definition) is 3. The summed E-state index contributed by atoms with van der Waals surface area (Å²) in [4.78, 5) is 0. The van der Waals surface area contributed by atoms with Crippen molar-refractivity contribution in [1.82, 2.24) is 15.1 Å². The molecule has 0 aliphatic heterocycles. The summed E-state index contributed by atoms with van der Waals surface area (Å²) in [5, 5.41) is 8.65. The molecule has 2 aromatic heterocycles. The number of para-hydroxylation sites is 1. The van der Waals surface area contributed by atoms with Gasteiger partial charge in [-0.25, -0.2) is 0 Å². The van der Waals surface area contributed by atoms with E-state index in [0.29, 0.717) is 0 Å². The molecule has 1 atom stereocenters. The number of fused-ring (bicyclic) bond motifs is 1. The van der Waals surface area contributed by atoms with E-state index < -0.39 is 0 Å². The molecule has 0 radical (unpaired) electrons. The number of furan rings is 1. The van der Waals surface area contributed by atoms with Crippen LogP contribution < -0.4 is 5.32 Å². The molecule has 3 aromatic rings. The Balaban J connectivity index is 1.88. The zero-order valence-electron chi connectivity index (χ0n) is 11.1. The number of benzene rings is 1. The molecule has 1 aromatic carbocycles. The second-order valence-corrected chi connectivity index (χ2v) is 4.75. The van der Waals surface area contributed by atoms with Gasteiger partial charge in [0.25, 0.3) is 0 Å². The van der Waals surface area contributed by atoms with E-state index in [9.17, 15) is 0 Å². The van der Waals surface area contributed by atoms with Gasteiger partial charge in [0, 0.05) is 18.6 Å². The maximum Gasteiger partial charge on any atom is 0.134 e. The van der Waals surface area contributed by atoms with Crippen molar-refractivity contribution < 1.29 is 4.42 Å². The molecule has 0 saturated carbocycles. The summed E-state index contributed by atoms with van der Waals surface area (Å²) < 4.78 is 7.73. The van der Waals surface area contributed by atoms with E-state index in [0.717, 1.165) is 23.2 Å². The predicted molar refractivity (Wildman–Crippen MR) is 74.9 cm³/mol. The Labute approximate surface area is 112 Å². The van der Waals surface area contributed by atoms with E-state index in [1.807, 2.05) is 49.4 Å². The maximum absolute atomic E-state index is 5.91. The van der Waals surface area contributed by atoms with E-state index in [1.54, 1.807) is 0 Å². The van der Waals surface area contributed by atoms with Gasteiger partial charge < -0.3 is 9.73 Å². The van der Waals surface area contributed by atoms with E-state index in [2.05, 4.69) is 22.5 Å². The molecule has 2 heterocycles. The van der Waals surface area contributed by atoms with Crippen molar-refractivity contribution in [3.63, 3.8) is 0 Å². The second-order valence-electron chi connectivity index (χ2n) is 4.75. The third kappa shape index (κ3) is 2.39. The summed E-state index contributed by atoms with van der Waals surface area (Å²) in [7, 11) is 3.88. The van der Waals surface area contributed by atoms with Gasteiger partial charge >= 0.3 is 0 Å². The van der Waals surface area contributed by atoms with Crippen LogP contribution in [0.4, 0.5) is 0 Å². The Kier molecular flexibility index (Phi) is 3.09. The van der Waals surface area contributed by atoms with Crippen LogP contribution in [0.15, 0.2) is 47.1 Å². The number of rotatable bonds is 4. The zero-order valence-corrected chi connectivity index (χ0v) is 11.1. The SMILES string of the molecule is CNC(Cc1cnn(C)c1)c1cc2ccccc2o1. The largest absolute Gasteiger partial charge is 0.459 e. The third-order valence-electron chi connectivity index (χ3n) is 3.33. The van der Waals surface area contributed by atoms with Crippen molar-refractivity contribution in [1.29, 1.82) is 0 Å². The molecule has 4 nitrogen and oxygen atoms in total. The Morgan fingerprint density at radius 3 is 2.89 bits per heavy atom. The molecule has 3 rings (SSSR count). The summed E-state index contributed by atoms with van der Waals surface area (Å²) in [5.74, 6) is 0.965. The van der Waals surface area contributed by atoms with Crippen molar-refractivity contribution in [3.8, 4) is 0 Å². The van der Waals surface area contributed by atoms with Crippen LogP contribution in [0.2, 0.25) is 0 Å². The lowest BCUT2D eigenvalue weighted by molar-refractivity contribution is 0.451. The third-order valence-corrected chi connectivity index (χ3v) is 3.33. The van der Waals surface area contributed by atoms with Crippen LogP contribution in [0.25, 0.3) is 11.0 Å². The van der Waals surface area contributed by atoms with Crippen LogP contribution in [0.1, 0.15) is 17.4 Å². The van der Waals surface area contributed by atoms with Crippen molar-refractivity contribution in [2.24, 2.45) is 7.05 Å². The summed E-state index contributed by atoms with van der Waals surface area (Å²) in [5.41, 5.74) is 2.13. The van der Waals surface area contributed by atoms with E-state index in [1.165, 1.54) is 5.56 Å². The van der Waals surface area contributed by atoms with E-state index in [-0.39, 0.29) is 6.04 Å². The van der Waals surface area contributed by atoms with Crippen molar-refractivity contribution in [2.75, 3.05) is 7.05 Å². The highest BCUT2D eigenvalue weighted by molar-refractivity contribution is 5.77. The first kappa shape index (κ1) is 12.0. The molecule has 0 aliphatic carbocycles. The second kappa shape index (κ2) is 4.90. The van der Waals surface area contributed by atoms with Gasteiger partial charge in [0.15, 0.2) is 0 Å². The number of aryl methyl sites for hydroxylation is 1. The Hall–Kier alpha value is -2.07. The molecule has 0 aliphatic rings. The van der Waals surface area contributed by atoms with Gasteiger partial charge in [0.2, 0.25) is 0 Å². The molecule has 0 fully saturated rings. The van der Waals surface area contributed by atoms with Gasteiger partial charge in [-0.3, -0.25) is 4.68 Å². The van der Waals surface area contributed by atoms with Gasteiger partial charge in [-0.05, 0) is 31.2 Å². The minimum Gasteiger partial charge on any atom is -0.459 e. The topological polar surface area (TPSA) is 43.0 Å². The maximum atomic E-state index is 5.91. The van der Waals surface area contributed by atoms with Crippen LogP contribution in [0, 0.1) is 0 Å². The lowest BCUT2D eigenvalue weighted by atomic mass is 10.1. The monoisotopic (exact) mass is 255 g/mol. The number of likely N-dealkylation sites (N-methyl/N-ethyl adjacent to an activating group) is 1. The molecule has 4 heteroatoms. The fraction of sp³-hybridized carbons (Fsp3) is 0.267. The Morgan fingerprint density at radius 1 is 1.37 bits per heavy atom. The van der Waals surface area contributed by atoms with Gasteiger partial charge in [0.1, 0.15) is 11.3 Å². The Bertz CT molecular complexity index is 650. The van der Waals surface area contributed by atoms with Gasteiger partial charge in [-0.2, -0.15) is 5.10 Å². The van der Waals surface area contributed by atoms with Crippen LogP contribution in [0.3, 0.4) is 0 Å². The average Bonchev–Trinajstić information content (AvgIpc) is 3.01. The van der Waals surface area contributed by atoms with Crippen molar-refractivity contribution >= 4 is 11.0 Å². The minimum absolute atomic E-state index is 0.164. The highest BCUT2D eigenvalue weighted by atomic mass is 16.3. The highest BCUT2D eigenvalue weighted by Gasteiger charge is 2.15. The zero-order chi connectivity index (χ0) is 13.2. The number of nitrogens with one attached hydrogen (secondary N) is 1. The minimum atomic E-state index is 0.164. The first-order valence-corrected chi connectivity index (χ1v) is 6.39. The number of aromatic nitrogens is 2. The Morgan fingerprint density at radius 2 is 2.21 bits per heavy atom. The normalized spacial score (nSPS) is 12.9.